The predicted octanol–water partition coefficient (Wildman–Crippen LogP) is 5.06. The van der Waals surface area contributed by atoms with Crippen molar-refractivity contribution in [3.05, 3.63) is 65.9 Å². The molecule has 3 rings (SSSR count). The highest BCUT2D eigenvalue weighted by Crippen LogP contribution is 2.27. The molecule has 4 heteroatoms. The molecule has 1 amide bonds. The van der Waals surface area contributed by atoms with Crippen molar-refractivity contribution in [2.75, 3.05) is 27.2 Å². The average molecular weight is 390 g/mol. The van der Waals surface area contributed by atoms with Crippen molar-refractivity contribution in [1.82, 2.24) is 15.2 Å². The Morgan fingerprint density at radius 2 is 1.79 bits per heavy atom. The zero-order chi connectivity index (χ0) is 20.6. The summed E-state index contributed by atoms with van der Waals surface area (Å²) in [4.78, 5) is 19.2. The minimum Gasteiger partial charge on any atom is -0.352 e. The highest BCUT2D eigenvalue weighted by molar-refractivity contribution is 5.96. The summed E-state index contributed by atoms with van der Waals surface area (Å²) in [5.41, 5.74) is 5.03. The van der Waals surface area contributed by atoms with Crippen LogP contribution in [0, 0.1) is 6.92 Å². The van der Waals surface area contributed by atoms with Crippen LogP contribution in [0.5, 0.6) is 0 Å². The van der Waals surface area contributed by atoms with Gasteiger partial charge in [-0.2, -0.15) is 0 Å². The summed E-state index contributed by atoms with van der Waals surface area (Å²) >= 11 is 0. The van der Waals surface area contributed by atoms with Crippen molar-refractivity contribution in [2.24, 2.45) is 0 Å². The SMILES string of the molecule is Cc1cc(-c2cccc(C(=O)NCCCCCCN(C)C)c2)cc2cccnc12. The molecule has 0 saturated carbocycles. The normalized spacial score (nSPS) is 11.2. The van der Waals surface area contributed by atoms with Crippen LogP contribution in [-0.4, -0.2) is 43.0 Å². The number of nitrogens with zero attached hydrogens (tertiary/aromatic N) is 2. The van der Waals surface area contributed by atoms with Crippen molar-refractivity contribution >= 4 is 16.8 Å². The van der Waals surface area contributed by atoms with Gasteiger partial charge in [0.15, 0.2) is 0 Å². The number of aromatic nitrogens is 1. The third-order valence-electron chi connectivity index (χ3n) is 5.17. The van der Waals surface area contributed by atoms with Crippen LogP contribution in [0.4, 0.5) is 0 Å². The third-order valence-corrected chi connectivity index (χ3v) is 5.17. The molecule has 152 valence electrons. The third kappa shape index (κ3) is 5.88. The van der Waals surface area contributed by atoms with E-state index >= 15 is 0 Å². The lowest BCUT2D eigenvalue weighted by atomic mass is 9.98. The topological polar surface area (TPSA) is 45.2 Å². The summed E-state index contributed by atoms with van der Waals surface area (Å²) in [7, 11) is 4.20. The van der Waals surface area contributed by atoms with Gasteiger partial charge in [-0.25, -0.2) is 0 Å². The molecular formula is C25H31N3O. The monoisotopic (exact) mass is 389 g/mol. The van der Waals surface area contributed by atoms with E-state index < -0.39 is 0 Å². The number of carbonyl (C=O) groups is 1. The maximum Gasteiger partial charge on any atom is 0.251 e. The van der Waals surface area contributed by atoms with Gasteiger partial charge in [0.05, 0.1) is 5.52 Å². The van der Waals surface area contributed by atoms with Crippen LogP contribution < -0.4 is 5.32 Å². The van der Waals surface area contributed by atoms with Crippen LogP contribution in [0.25, 0.3) is 22.0 Å². The molecule has 1 heterocycles. The Morgan fingerprint density at radius 3 is 2.62 bits per heavy atom. The van der Waals surface area contributed by atoms with Gasteiger partial charge < -0.3 is 10.2 Å². The molecule has 3 aromatic rings. The number of fused-ring (bicyclic) bond motifs is 1. The molecule has 0 fully saturated rings. The number of hydrogen-bond acceptors (Lipinski definition) is 3. The van der Waals surface area contributed by atoms with E-state index in [0.717, 1.165) is 53.5 Å². The predicted molar refractivity (Wildman–Crippen MR) is 121 cm³/mol. The van der Waals surface area contributed by atoms with E-state index in [4.69, 9.17) is 0 Å². The van der Waals surface area contributed by atoms with Crippen LogP contribution in [0.2, 0.25) is 0 Å². The van der Waals surface area contributed by atoms with Gasteiger partial charge in [-0.3, -0.25) is 9.78 Å². The van der Waals surface area contributed by atoms with Crippen molar-refractivity contribution < 1.29 is 4.79 Å². The number of aryl methyl sites for hydroxylation is 1. The molecule has 0 saturated heterocycles. The molecule has 0 aliphatic heterocycles. The fourth-order valence-electron chi connectivity index (χ4n) is 3.59. The first kappa shape index (κ1) is 21.0. The second-order valence-electron chi connectivity index (χ2n) is 7.92. The molecule has 0 atom stereocenters. The lowest BCUT2D eigenvalue weighted by Crippen LogP contribution is -2.24. The van der Waals surface area contributed by atoms with E-state index in [0.29, 0.717) is 5.56 Å². The highest BCUT2D eigenvalue weighted by atomic mass is 16.1. The van der Waals surface area contributed by atoms with E-state index in [9.17, 15) is 4.79 Å². The number of rotatable bonds is 9. The lowest BCUT2D eigenvalue weighted by Gasteiger charge is -2.10. The lowest BCUT2D eigenvalue weighted by molar-refractivity contribution is 0.0953. The zero-order valence-electron chi connectivity index (χ0n) is 17.7. The minimum atomic E-state index is -0.000630. The molecule has 4 nitrogen and oxygen atoms in total. The minimum absolute atomic E-state index is 0.000630. The summed E-state index contributed by atoms with van der Waals surface area (Å²) in [5, 5.41) is 4.18. The van der Waals surface area contributed by atoms with E-state index in [1.165, 1.54) is 12.8 Å². The molecule has 1 N–H and O–H groups in total. The van der Waals surface area contributed by atoms with Gasteiger partial charge in [0.1, 0.15) is 0 Å². The van der Waals surface area contributed by atoms with E-state index in [1.54, 1.807) is 0 Å². The average Bonchev–Trinajstić information content (AvgIpc) is 2.72. The Morgan fingerprint density at radius 1 is 0.966 bits per heavy atom. The first-order chi connectivity index (χ1) is 14.0. The molecule has 0 spiro atoms. The molecule has 0 bridgehead atoms. The summed E-state index contributed by atoms with van der Waals surface area (Å²) in [5.74, 6) is -0.000630. The molecular weight excluding hydrogens is 358 g/mol. The van der Waals surface area contributed by atoms with Crippen LogP contribution in [-0.2, 0) is 0 Å². The first-order valence-corrected chi connectivity index (χ1v) is 10.4. The fraction of sp³-hybridized carbons (Fsp3) is 0.360. The number of benzene rings is 2. The Bertz CT molecular complexity index is 965. The number of hydrogen-bond donors (Lipinski definition) is 1. The number of carbonyl (C=O) groups excluding carboxylic acids is 1. The van der Waals surface area contributed by atoms with Gasteiger partial charge in [-0.15, -0.1) is 0 Å². The second-order valence-corrected chi connectivity index (χ2v) is 7.92. The Labute approximate surface area is 174 Å². The molecule has 2 aromatic carbocycles. The Hall–Kier alpha value is -2.72. The molecule has 0 radical (unpaired) electrons. The molecule has 29 heavy (non-hydrogen) atoms. The molecule has 0 aliphatic rings. The molecule has 0 aliphatic carbocycles. The van der Waals surface area contributed by atoms with Gasteiger partial charge in [0.2, 0.25) is 0 Å². The van der Waals surface area contributed by atoms with Crippen molar-refractivity contribution in [1.29, 1.82) is 0 Å². The van der Waals surface area contributed by atoms with Gasteiger partial charge in [-0.1, -0.05) is 31.0 Å². The van der Waals surface area contributed by atoms with Crippen LogP contribution >= 0.6 is 0 Å². The van der Waals surface area contributed by atoms with Crippen LogP contribution in [0.3, 0.4) is 0 Å². The fourth-order valence-corrected chi connectivity index (χ4v) is 3.59. The summed E-state index contributed by atoms with van der Waals surface area (Å²) in [6, 6.07) is 16.2. The van der Waals surface area contributed by atoms with Crippen LogP contribution in [0.1, 0.15) is 41.6 Å². The largest absolute Gasteiger partial charge is 0.352 e. The number of unbranched alkanes of at least 4 members (excludes halogenated alkanes) is 3. The maximum absolute atomic E-state index is 12.6. The number of amides is 1. The quantitative estimate of drug-likeness (QED) is 0.520. The van der Waals surface area contributed by atoms with Crippen molar-refractivity contribution in [3.8, 4) is 11.1 Å². The summed E-state index contributed by atoms with van der Waals surface area (Å²) in [6.45, 7) is 3.93. The number of nitrogens with one attached hydrogen (secondary N) is 1. The standard InChI is InChI=1S/C25H31N3O/c1-19-16-23(18-21-12-9-14-26-24(19)21)20-10-8-11-22(17-20)25(29)27-13-6-4-5-7-15-28(2)3/h8-12,14,16-18H,4-7,13,15H2,1-3H3,(H,27,29). The van der Waals surface area contributed by atoms with Gasteiger partial charge >= 0.3 is 0 Å². The Kier molecular flexibility index (Phi) is 7.36. The van der Waals surface area contributed by atoms with E-state index in [-0.39, 0.29) is 5.91 Å². The van der Waals surface area contributed by atoms with Crippen LogP contribution in [0.15, 0.2) is 54.7 Å². The van der Waals surface area contributed by atoms with E-state index in [2.05, 4.69) is 60.5 Å². The smallest absolute Gasteiger partial charge is 0.251 e. The van der Waals surface area contributed by atoms with Gasteiger partial charge in [-0.05, 0) is 87.4 Å². The highest BCUT2D eigenvalue weighted by Gasteiger charge is 2.08. The first-order valence-electron chi connectivity index (χ1n) is 10.4. The zero-order valence-corrected chi connectivity index (χ0v) is 17.7. The summed E-state index contributed by atoms with van der Waals surface area (Å²) in [6.07, 6.45) is 6.42. The molecule has 1 aromatic heterocycles. The van der Waals surface area contributed by atoms with Crippen molar-refractivity contribution in [3.63, 3.8) is 0 Å². The van der Waals surface area contributed by atoms with Gasteiger partial charge in [0.25, 0.3) is 5.91 Å². The Balaban J connectivity index is 1.60. The van der Waals surface area contributed by atoms with Gasteiger partial charge in [0, 0.05) is 23.7 Å². The second kappa shape index (κ2) is 10.2. The van der Waals surface area contributed by atoms with Crippen molar-refractivity contribution in [2.45, 2.75) is 32.6 Å². The summed E-state index contributed by atoms with van der Waals surface area (Å²) < 4.78 is 0. The van der Waals surface area contributed by atoms with E-state index in [1.807, 2.05) is 30.5 Å². The maximum atomic E-state index is 12.6. The number of pyridine rings is 1. The molecule has 0 unspecified atom stereocenters.